The van der Waals surface area contributed by atoms with Crippen LogP contribution in [0.3, 0.4) is 0 Å². The second-order valence-electron chi connectivity index (χ2n) is 3.50. The lowest BCUT2D eigenvalue weighted by molar-refractivity contribution is 0.0324. The van der Waals surface area contributed by atoms with Gasteiger partial charge in [0.1, 0.15) is 6.10 Å². The molecule has 1 aromatic heterocycles. The number of carbonyl (C=O) groups excluding carboxylic acids is 1. The number of anilines is 1. The van der Waals surface area contributed by atoms with Gasteiger partial charge >= 0.3 is 5.97 Å². The van der Waals surface area contributed by atoms with Crippen molar-refractivity contribution in [3.05, 3.63) is 41.7 Å². The highest BCUT2D eigenvalue weighted by molar-refractivity contribution is 5.85. The zero-order valence-corrected chi connectivity index (χ0v) is 9.25. The normalized spacial score (nSPS) is 12.1. The number of nitrogens with zero attached hydrogens (tertiary/aromatic N) is 2. The summed E-state index contributed by atoms with van der Waals surface area (Å²) >= 11 is 0. The van der Waals surface area contributed by atoms with Crippen molar-refractivity contribution in [2.24, 2.45) is 0 Å². The Hall–Kier alpha value is -2.37. The monoisotopic (exact) mass is 232 g/mol. The molecule has 88 valence electrons. The van der Waals surface area contributed by atoms with E-state index in [-0.39, 0.29) is 17.9 Å². The molecule has 6 nitrogen and oxygen atoms in total. The van der Waals surface area contributed by atoms with E-state index in [1.54, 1.807) is 6.92 Å². The van der Waals surface area contributed by atoms with Gasteiger partial charge in [0.25, 0.3) is 0 Å². The molecule has 17 heavy (non-hydrogen) atoms. The standard InChI is InChI=1S/C11H12N4O2/c1-7(8-5-3-2-4-6-8)17-10(16)9-13-11(12)15-14-9/h2-7H,1H3,(H3,12,13,14,15). The van der Waals surface area contributed by atoms with Gasteiger partial charge in [-0.1, -0.05) is 30.3 Å². The minimum Gasteiger partial charge on any atom is -0.452 e. The third-order valence-electron chi connectivity index (χ3n) is 2.25. The molecular formula is C11H12N4O2. The largest absolute Gasteiger partial charge is 0.452 e. The van der Waals surface area contributed by atoms with Crippen LogP contribution in [-0.2, 0) is 4.74 Å². The molecule has 0 saturated heterocycles. The van der Waals surface area contributed by atoms with Crippen molar-refractivity contribution in [1.82, 2.24) is 15.2 Å². The van der Waals surface area contributed by atoms with Crippen LogP contribution >= 0.6 is 0 Å². The van der Waals surface area contributed by atoms with Crippen molar-refractivity contribution in [2.75, 3.05) is 5.73 Å². The molecule has 3 N–H and O–H groups in total. The van der Waals surface area contributed by atoms with Crippen molar-refractivity contribution in [3.63, 3.8) is 0 Å². The zero-order valence-electron chi connectivity index (χ0n) is 9.25. The maximum Gasteiger partial charge on any atom is 0.376 e. The average molecular weight is 232 g/mol. The highest BCUT2D eigenvalue weighted by Gasteiger charge is 2.16. The van der Waals surface area contributed by atoms with Gasteiger partial charge in [0.2, 0.25) is 11.8 Å². The van der Waals surface area contributed by atoms with Crippen LogP contribution < -0.4 is 5.73 Å². The minimum absolute atomic E-state index is 0.00489. The van der Waals surface area contributed by atoms with Crippen LogP contribution in [0.2, 0.25) is 0 Å². The van der Waals surface area contributed by atoms with Crippen LogP contribution in [0.15, 0.2) is 30.3 Å². The summed E-state index contributed by atoms with van der Waals surface area (Å²) in [5, 5.41) is 5.96. The van der Waals surface area contributed by atoms with Gasteiger partial charge < -0.3 is 10.5 Å². The second kappa shape index (κ2) is 4.65. The summed E-state index contributed by atoms with van der Waals surface area (Å²) in [4.78, 5) is 15.3. The maximum atomic E-state index is 11.6. The molecule has 0 spiro atoms. The van der Waals surface area contributed by atoms with Gasteiger partial charge in [0.05, 0.1) is 0 Å². The van der Waals surface area contributed by atoms with E-state index in [9.17, 15) is 4.79 Å². The number of nitrogens with two attached hydrogens (primary N) is 1. The Bertz CT molecular complexity index is 509. The minimum atomic E-state index is -0.578. The summed E-state index contributed by atoms with van der Waals surface area (Å²) in [6, 6.07) is 9.42. The molecule has 6 heteroatoms. The maximum absolute atomic E-state index is 11.6. The molecule has 0 aliphatic rings. The molecule has 1 aromatic carbocycles. The van der Waals surface area contributed by atoms with Crippen molar-refractivity contribution in [2.45, 2.75) is 13.0 Å². The number of aromatic nitrogens is 3. The van der Waals surface area contributed by atoms with Crippen LogP contribution in [0.5, 0.6) is 0 Å². The number of hydrogen-bond acceptors (Lipinski definition) is 5. The van der Waals surface area contributed by atoms with Crippen molar-refractivity contribution in [1.29, 1.82) is 0 Å². The van der Waals surface area contributed by atoms with Gasteiger partial charge in [0, 0.05) is 0 Å². The number of nitrogen functional groups attached to an aromatic ring is 1. The molecule has 1 unspecified atom stereocenters. The lowest BCUT2D eigenvalue weighted by atomic mass is 10.1. The summed E-state index contributed by atoms with van der Waals surface area (Å²) in [5.74, 6) is -0.555. The number of esters is 1. The van der Waals surface area contributed by atoms with Crippen molar-refractivity contribution < 1.29 is 9.53 Å². The fourth-order valence-corrected chi connectivity index (χ4v) is 1.37. The SMILES string of the molecule is CC(OC(=O)c1nc(N)n[nH]1)c1ccccc1. The van der Waals surface area contributed by atoms with Gasteiger partial charge in [-0.25, -0.2) is 4.79 Å². The number of rotatable bonds is 3. The molecule has 1 atom stereocenters. The van der Waals surface area contributed by atoms with Crippen LogP contribution in [-0.4, -0.2) is 21.2 Å². The Morgan fingerprint density at radius 3 is 2.71 bits per heavy atom. The van der Waals surface area contributed by atoms with Crippen LogP contribution in [0.25, 0.3) is 0 Å². The molecular weight excluding hydrogens is 220 g/mol. The molecule has 0 aliphatic heterocycles. The molecule has 2 aromatic rings. The van der Waals surface area contributed by atoms with Crippen LogP contribution in [0, 0.1) is 0 Å². The first-order valence-corrected chi connectivity index (χ1v) is 5.10. The third-order valence-corrected chi connectivity index (χ3v) is 2.25. The smallest absolute Gasteiger partial charge is 0.376 e. The van der Waals surface area contributed by atoms with Gasteiger partial charge in [-0.15, -0.1) is 5.10 Å². The third kappa shape index (κ3) is 2.60. The van der Waals surface area contributed by atoms with Gasteiger partial charge in [-0.2, -0.15) is 4.98 Å². The molecule has 0 aliphatic carbocycles. The molecule has 0 amide bonds. The quantitative estimate of drug-likeness (QED) is 0.778. The van der Waals surface area contributed by atoms with Crippen molar-refractivity contribution in [3.8, 4) is 0 Å². The summed E-state index contributed by atoms with van der Waals surface area (Å²) < 4.78 is 5.21. The molecule has 0 saturated carbocycles. The number of aromatic amines is 1. The Labute approximate surface area is 97.8 Å². The molecule has 0 radical (unpaired) electrons. The van der Waals surface area contributed by atoms with Crippen LogP contribution in [0.1, 0.15) is 29.2 Å². The van der Waals surface area contributed by atoms with E-state index in [4.69, 9.17) is 10.5 Å². The van der Waals surface area contributed by atoms with Crippen molar-refractivity contribution >= 4 is 11.9 Å². The van der Waals surface area contributed by atoms with E-state index in [0.717, 1.165) is 5.56 Å². The van der Waals surface area contributed by atoms with E-state index in [0.29, 0.717) is 0 Å². The molecule has 1 heterocycles. The summed E-state index contributed by atoms with van der Waals surface area (Å²) in [6.07, 6.45) is -0.352. The fraction of sp³-hybridized carbons (Fsp3) is 0.182. The first kappa shape index (κ1) is 11.1. The second-order valence-corrected chi connectivity index (χ2v) is 3.50. The lowest BCUT2D eigenvalue weighted by Crippen LogP contribution is -2.11. The highest BCUT2D eigenvalue weighted by atomic mass is 16.5. The Morgan fingerprint density at radius 2 is 2.12 bits per heavy atom. The predicted molar refractivity (Wildman–Crippen MR) is 61.1 cm³/mol. The number of ether oxygens (including phenoxy) is 1. The van der Waals surface area contributed by atoms with E-state index in [1.807, 2.05) is 30.3 Å². The average Bonchev–Trinajstić information content (AvgIpc) is 2.77. The molecule has 0 bridgehead atoms. The van der Waals surface area contributed by atoms with E-state index in [1.165, 1.54) is 0 Å². The van der Waals surface area contributed by atoms with Gasteiger partial charge in [-0.05, 0) is 12.5 Å². The highest BCUT2D eigenvalue weighted by Crippen LogP contribution is 2.17. The van der Waals surface area contributed by atoms with Gasteiger partial charge in [0.15, 0.2) is 0 Å². The van der Waals surface area contributed by atoms with Gasteiger partial charge in [-0.3, -0.25) is 5.10 Å². The predicted octanol–water partition coefficient (Wildman–Crippen LogP) is 1.30. The first-order chi connectivity index (χ1) is 8.16. The number of nitrogens with one attached hydrogen (secondary N) is 1. The van der Waals surface area contributed by atoms with E-state index in [2.05, 4.69) is 15.2 Å². The topological polar surface area (TPSA) is 93.9 Å². The number of H-pyrrole nitrogens is 1. The number of benzene rings is 1. The fourth-order valence-electron chi connectivity index (χ4n) is 1.37. The Morgan fingerprint density at radius 1 is 1.41 bits per heavy atom. The molecule has 2 rings (SSSR count). The number of hydrogen-bond donors (Lipinski definition) is 2. The van der Waals surface area contributed by atoms with Crippen LogP contribution in [0.4, 0.5) is 5.95 Å². The summed E-state index contributed by atoms with van der Waals surface area (Å²) in [6.45, 7) is 1.78. The summed E-state index contributed by atoms with van der Waals surface area (Å²) in [5.41, 5.74) is 6.21. The first-order valence-electron chi connectivity index (χ1n) is 5.10. The summed E-state index contributed by atoms with van der Waals surface area (Å²) in [7, 11) is 0. The van der Waals surface area contributed by atoms with E-state index >= 15 is 0 Å². The van der Waals surface area contributed by atoms with E-state index < -0.39 is 5.97 Å². The Balaban J connectivity index is 2.04. The zero-order chi connectivity index (χ0) is 12.3. The molecule has 0 fully saturated rings. The lowest BCUT2D eigenvalue weighted by Gasteiger charge is -2.11. The Kier molecular flexibility index (Phi) is 3.04. The number of carbonyl (C=O) groups is 1.